The van der Waals surface area contributed by atoms with Crippen molar-refractivity contribution in [1.29, 1.82) is 0 Å². The summed E-state index contributed by atoms with van der Waals surface area (Å²) in [6.07, 6.45) is 2.63. The van der Waals surface area contributed by atoms with Gasteiger partial charge in [0, 0.05) is 25.2 Å². The molecule has 6 nitrogen and oxygen atoms in total. The number of carbonyl (C=O) groups is 2. The molecule has 2 aliphatic rings. The monoisotopic (exact) mass is 421 g/mol. The van der Waals surface area contributed by atoms with E-state index < -0.39 is 0 Å². The van der Waals surface area contributed by atoms with Crippen LogP contribution in [0.25, 0.3) is 0 Å². The third kappa shape index (κ3) is 4.90. The first-order chi connectivity index (χ1) is 15.0. The van der Waals surface area contributed by atoms with Crippen molar-refractivity contribution in [3.05, 3.63) is 59.7 Å². The SMILES string of the molecule is COc1ccc([C@H](CNC(=O)[C@H]2CC(=O)N(c3ccc(C)cc3)C2)N2CCCC2)cc1. The van der Waals surface area contributed by atoms with E-state index >= 15 is 0 Å². The van der Waals surface area contributed by atoms with Crippen molar-refractivity contribution in [1.82, 2.24) is 10.2 Å². The minimum atomic E-state index is -0.316. The first kappa shape index (κ1) is 21.4. The lowest BCUT2D eigenvalue weighted by Crippen LogP contribution is -2.40. The number of aryl methyl sites for hydroxylation is 1. The Hall–Kier alpha value is -2.86. The Balaban J connectivity index is 1.40. The van der Waals surface area contributed by atoms with Gasteiger partial charge in [0.15, 0.2) is 0 Å². The van der Waals surface area contributed by atoms with E-state index in [-0.39, 0.29) is 30.2 Å². The smallest absolute Gasteiger partial charge is 0.227 e. The van der Waals surface area contributed by atoms with Crippen molar-refractivity contribution >= 4 is 17.5 Å². The zero-order chi connectivity index (χ0) is 21.8. The Labute approximate surface area is 184 Å². The Morgan fingerprint density at radius 1 is 1.10 bits per heavy atom. The minimum absolute atomic E-state index is 0.00949. The standard InChI is InChI=1S/C25H31N3O3/c1-18-5-9-21(10-6-18)28-17-20(15-24(28)29)25(30)26-16-23(27-13-3-4-14-27)19-7-11-22(31-2)12-8-19/h5-12,20,23H,3-4,13-17H2,1-2H3,(H,26,30)/t20-,23-/m0/s1. The molecule has 2 aromatic carbocycles. The molecule has 2 saturated heterocycles. The topological polar surface area (TPSA) is 61.9 Å². The van der Waals surface area contributed by atoms with Gasteiger partial charge in [0.05, 0.1) is 19.1 Å². The number of nitrogens with one attached hydrogen (secondary N) is 1. The molecule has 1 N–H and O–H groups in total. The molecule has 2 aliphatic heterocycles. The summed E-state index contributed by atoms with van der Waals surface area (Å²) >= 11 is 0. The molecule has 2 aromatic rings. The van der Waals surface area contributed by atoms with E-state index in [2.05, 4.69) is 22.3 Å². The fourth-order valence-electron chi connectivity index (χ4n) is 4.54. The summed E-state index contributed by atoms with van der Waals surface area (Å²) in [5.41, 5.74) is 3.18. The van der Waals surface area contributed by atoms with Gasteiger partial charge in [-0.15, -0.1) is 0 Å². The van der Waals surface area contributed by atoms with Crippen molar-refractivity contribution in [2.45, 2.75) is 32.2 Å². The van der Waals surface area contributed by atoms with E-state index in [1.165, 1.54) is 18.4 Å². The van der Waals surface area contributed by atoms with Gasteiger partial charge in [-0.25, -0.2) is 0 Å². The minimum Gasteiger partial charge on any atom is -0.497 e. The lowest BCUT2D eigenvalue weighted by molar-refractivity contribution is -0.126. The molecule has 2 amide bonds. The molecule has 2 atom stereocenters. The van der Waals surface area contributed by atoms with Crippen LogP contribution in [-0.4, -0.2) is 50.0 Å². The first-order valence-electron chi connectivity index (χ1n) is 11.1. The van der Waals surface area contributed by atoms with E-state index in [0.29, 0.717) is 13.1 Å². The summed E-state index contributed by atoms with van der Waals surface area (Å²) in [5, 5.41) is 3.14. The fraction of sp³-hybridized carbons (Fsp3) is 0.440. The third-order valence-corrected chi connectivity index (χ3v) is 6.39. The average molecular weight is 422 g/mol. The largest absolute Gasteiger partial charge is 0.497 e. The second kappa shape index (κ2) is 9.52. The maximum atomic E-state index is 12.9. The molecule has 0 saturated carbocycles. The quantitative estimate of drug-likeness (QED) is 0.745. The van der Waals surface area contributed by atoms with Gasteiger partial charge >= 0.3 is 0 Å². The molecule has 0 aliphatic carbocycles. The second-order valence-electron chi connectivity index (χ2n) is 8.52. The van der Waals surface area contributed by atoms with Crippen LogP contribution >= 0.6 is 0 Å². The fourth-order valence-corrected chi connectivity index (χ4v) is 4.54. The molecular weight excluding hydrogens is 390 g/mol. The summed E-state index contributed by atoms with van der Waals surface area (Å²) in [7, 11) is 1.66. The van der Waals surface area contributed by atoms with Crippen LogP contribution in [0.4, 0.5) is 5.69 Å². The maximum Gasteiger partial charge on any atom is 0.227 e. The molecule has 0 radical (unpaired) electrons. The van der Waals surface area contributed by atoms with Crippen LogP contribution in [0.3, 0.4) is 0 Å². The first-order valence-corrected chi connectivity index (χ1v) is 11.1. The molecule has 31 heavy (non-hydrogen) atoms. The molecule has 0 unspecified atom stereocenters. The summed E-state index contributed by atoms with van der Waals surface area (Å²) < 4.78 is 5.28. The summed E-state index contributed by atoms with van der Waals surface area (Å²) in [5.74, 6) is 0.480. The lowest BCUT2D eigenvalue weighted by Gasteiger charge is -2.28. The van der Waals surface area contributed by atoms with Crippen LogP contribution < -0.4 is 15.0 Å². The van der Waals surface area contributed by atoms with Gasteiger partial charge in [0.1, 0.15) is 5.75 Å². The third-order valence-electron chi connectivity index (χ3n) is 6.39. The molecule has 0 aromatic heterocycles. The van der Waals surface area contributed by atoms with Crippen LogP contribution in [0.5, 0.6) is 5.75 Å². The lowest BCUT2D eigenvalue weighted by atomic mass is 10.0. The van der Waals surface area contributed by atoms with Crippen molar-refractivity contribution in [3.63, 3.8) is 0 Å². The summed E-state index contributed by atoms with van der Waals surface area (Å²) in [6, 6.07) is 16.1. The second-order valence-corrected chi connectivity index (χ2v) is 8.52. The van der Waals surface area contributed by atoms with E-state index in [0.717, 1.165) is 30.1 Å². The van der Waals surface area contributed by atoms with E-state index in [1.807, 2.05) is 43.3 Å². The van der Waals surface area contributed by atoms with Crippen LogP contribution in [0.2, 0.25) is 0 Å². The number of methoxy groups -OCH3 is 1. The zero-order valence-corrected chi connectivity index (χ0v) is 18.3. The summed E-state index contributed by atoms with van der Waals surface area (Å²) in [4.78, 5) is 29.6. The maximum absolute atomic E-state index is 12.9. The van der Waals surface area contributed by atoms with Crippen LogP contribution in [0, 0.1) is 12.8 Å². The molecule has 4 rings (SSSR count). The van der Waals surface area contributed by atoms with E-state index in [4.69, 9.17) is 4.74 Å². The highest BCUT2D eigenvalue weighted by Crippen LogP contribution is 2.28. The van der Waals surface area contributed by atoms with E-state index in [9.17, 15) is 9.59 Å². The Morgan fingerprint density at radius 2 is 1.77 bits per heavy atom. The number of rotatable bonds is 7. The van der Waals surface area contributed by atoms with Crippen molar-refractivity contribution in [2.75, 3.05) is 38.2 Å². The number of benzene rings is 2. The van der Waals surface area contributed by atoms with Crippen LogP contribution in [0.1, 0.15) is 36.4 Å². The molecule has 6 heteroatoms. The number of amides is 2. The molecular formula is C25H31N3O3. The highest BCUT2D eigenvalue weighted by atomic mass is 16.5. The average Bonchev–Trinajstić information content (AvgIpc) is 3.45. The van der Waals surface area contributed by atoms with E-state index in [1.54, 1.807) is 12.0 Å². The predicted octanol–water partition coefficient (Wildman–Crippen LogP) is 3.31. The summed E-state index contributed by atoms with van der Waals surface area (Å²) in [6.45, 7) is 5.07. The number of likely N-dealkylation sites (tertiary alicyclic amines) is 1. The number of nitrogens with zero attached hydrogens (tertiary/aromatic N) is 2. The van der Waals surface area contributed by atoms with Crippen molar-refractivity contribution in [3.8, 4) is 5.75 Å². The molecule has 2 fully saturated rings. The van der Waals surface area contributed by atoms with Crippen LogP contribution in [0.15, 0.2) is 48.5 Å². The molecule has 0 bridgehead atoms. The number of hydrogen-bond donors (Lipinski definition) is 1. The van der Waals surface area contributed by atoms with Gasteiger partial charge < -0.3 is 15.0 Å². The Bertz CT molecular complexity index is 905. The highest BCUT2D eigenvalue weighted by molar-refractivity contribution is 6.00. The molecule has 2 heterocycles. The molecule has 0 spiro atoms. The zero-order valence-electron chi connectivity index (χ0n) is 18.3. The normalized spacial score (nSPS) is 20.1. The highest BCUT2D eigenvalue weighted by Gasteiger charge is 2.35. The van der Waals surface area contributed by atoms with Crippen molar-refractivity contribution < 1.29 is 14.3 Å². The molecule has 164 valence electrons. The van der Waals surface area contributed by atoms with Gasteiger partial charge in [-0.3, -0.25) is 14.5 Å². The predicted molar refractivity (Wildman–Crippen MR) is 121 cm³/mol. The van der Waals surface area contributed by atoms with Crippen LogP contribution in [-0.2, 0) is 9.59 Å². The van der Waals surface area contributed by atoms with Gasteiger partial charge in [-0.1, -0.05) is 29.8 Å². The Kier molecular flexibility index (Phi) is 6.56. The number of carbonyl (C=O) groups excluding carboxylic acids is 2. The van der Waals surface area contributed by atoms with Gasteiger partial charge in [-0.05, 0) is 62.7 Å². The number of ether oxygens (including phenoxy) is 1. The van der Waals surface area contributed by atoms with Crippen molar-refractivity contribution in [2.24, 2.45) is 5.92 Å². The van der Waals surface area contributed by atoms with Gasteiger partial charge in [-0.2, -0.15) is 0 Å². The van der Waals surface area contributed by atoms with Gasteiger partial charge in [0.2, 0.25) is 11.8 Å². The number of hydrogen-bond acceptors (Lipinski definition) is 4. The van der Waals surface area contributed by atoms with Gasteiger partial charge in [0.25, 0.3) is 0 Å². The number of anilines is 1. The Morgan fingerprint density at radius 3 is 2.42 bits per heavy atom.